The van der Waals surface area contributed by atoms with Crippen LogP contribution in [-0.2, 0) is 13.8 Å². The van der Waals surface area contributed by atoms with E-state index in [1.165, 1.54) is 83.5 Å². The highest BCUT2D eigenvalue weighted by molar-refractivity contribution is 7.55. The summed E-state index contributed by atoms with van der Waals surface area (Å²) in [5, 5.41) is 0. The molecule has 2 aromatic carbocycles. The first-order valence-corrected chi connectivity index (χ1v) is 24.0. The second kappa shape index (κ2) is 23.0. The molecule has 4 saturated carbocycles. The molecule has 6 nitrogen and oxygen atoms in total. The Morgan fingerprint density at radius 3 is 1.95 bits per heavy atom. The Morgan fingerprint density at radius 2 is 1.33 bits per heavy atom. The number of ether oxygens (including phenoxy) is 2. The fourth-order valence-electron chi connectivity index (χ4n) is 11.6. The van der Waals surface area contributed by atoms with Crippen LogP contribution in [0.4, 0.5) is 0 Å². The quantitative estimate of drug-likeness (QED) is 0.0464. The van der Waals surface area contributed by atoms with Crippen molar-refractivity contribution in [3.8, 4) is 22.6 Å². The van der Waals surface area contributed by atoms with Crippen molar-refractivity contribution in [2.75, 3.05) is 33.5 Å². The van der Waals surface area contributed by atoms with Crippen LogP contribution in [-0.4, -0.2) is 39.5 Å². The molecule has 0 bridgehead atoms. The number of nitrogens with zero attached hydrogens (tertiary/aromatic N) is 1. The first kappa shape index (κ1) is 50.0. The lowest BCUT2D eigenvalue weighted by Gasteiger charge is -2.64. The van der Waals surface area contributed by atoms with Gasteiger partial charge in [-0.05, 0) is 160 Å². The average molecular weight is 822 g/mol. The molecule has 328 valence electrons. The number of hydrogen-bond donors (Lipinski definition) is 0. The van der Waals surface area contributed by atoms with E-state index in [2.05, 4.69) is 44.0 Å². The van der Waals surface area contributed by atoms with E-state index in [1.54, 1.807) is 19.1 Å². The summed E-state index contributed by atoms with van der Waals surface area (Å²) in [4.78, 5) is 11.7. The van der Waals surface area contributed by atoms with Crippen LogP contribution >= 0.6 is 7.51 Å². The van der Waals surface area contributed by atoms with Crippen LogP contribution in [0.15, 0.2) is 65.4 Å². The van der Waals surface area contributed by atoms with Gasteiger partial charge in [0.1, 0.15) is 11.5 Å². The van der Waals surface area contributed by atoms with E-state index < -0.39 is 13.5 Å². The van der Waals surface area contributed by atoms with Gasteiger partial charge in [-0.25, -0.2) is 4.79 Å². The van der Waals surface area contributed by atoms with Crippen LogP contribution in [0.25, 0.3) is 11.1 Å². The van der Waals surface area contributed by atoms with Crippen molar-refractivity contribution in [2.45, 2.75) is 159 Å². The van der Waals surface area contributed by atoms with Crippen molar-refractivity contribution in [1.82, 2.24) is 0 Å². The monoisotopic (exact) mass is 822 g/mol. The van der Waals surface area contributed by atoms with E-state index in [4.69, 9.17) is 18.5 Å². The van der Waals surface area contributed by atoms with Gasteiger partial charge >= 0.3 is 5.97 Å². The van der Waals surface area contributed by atoms with E-state index in [9.17, 15) is 4.79 Å². The van der Waals surface area contributed by atoms with Crippen LogP contribution in [0.2, 0.25) is 0 Å². The zero-order chi connectivity index (χ0) is 38.9. The number of carbonyl (C=O) groups excluding carboxylic acids is 1. The Kier molecular flexibility index (Phi) is 19.8. The molecular weight excluding hydrogens is 738 g/mol. The lowest BCUT2D eigenvalue weighted by atomic mass is 9.41. The smallest absolute Gasteiger partial charge is 0.338 e. The van der Waals surface area contributed by atoms with E-state index in [0.29, 0.717) is 35.4 Å². The summed E-state index contributed by atoms with van der Waals surface area (Å²) in [6.07, 6.45) is 24.4. The first-order valence-electron chi connectivity index (χ1n) is 22.0. The highest BCUT2D eigenvalue weighted by Crippen LogP contribution is 2.69. The Balaban J connectivity index is 0.00000300. The molecule has 0 spiro atoms. The fraction of sp³-hybridized carbons (Fsp3) is 0.706. The maximum atomic E-state index is 11.7. The van der Waals surface area contributed by atoms with Gasteiger partial charge in [0.25, 0.3) is 0 Å². The number of rotatable bonds is 19. The molecule has 0 amide bonds. The average Bonchev–Trinajstić information content (AvgIpc) is 3.68. The Morgan fingerprint density at radius 1 is 0.741 bits per heavy atom. The Bertz CT molecular complexity index is 1610. The second-order valence-corrected chi connectivity index (χ2v) is 20.8. The second-order valence-electron chi connectivity index (χ2n) is 18.3. The molecule has 0 radical (unpaired) electrons. The zero-order valence-corrected chi connectivity index (χ0v) is 35.9. The van der Waals surface area contributed by atoms with Crippen LogP contribution in [0.3, 0.4) is 0 Å². The summed E-state index contributed by atoms with van der Waals surface area (Å²) in [7, 11) is -0.287. The molecule has 4 aliphatic carbocycles. The molecule has 6 unspecified atom stereocenters. The maximum Gasteiger partial charge on any atom is 0.338 e. The van der Waals surface area contributed by atoms with Gasteiger partial charge in [-0.15, -0.1) is 0 Å². The summed E-state index contributed by atoms with van der Waals surface area (Å²) in [5.41, 5.74) is 3.75. The number of fused-ring (bicyclic) bond motifs is 5. The molecular formula is C51H84NO5P. The molecule has 4 fully saturated rings. The Labute approximate surface area is 356 Å². The van der Waals surface area contributed by atoms with Crippen LogP contribution in [0.1, 0.15) is 159 Å². The predicted molar refractivity (Wildman–Crippen MR) is 248 cm³/mol. The number of benzene rings is 2. The van der Waals surface area contributed by atoms with E-state index >= 15 is 0 Å². The lowest BCUT2D eigenvalue weighted by molar-refractivity contribution is -0.145. The van der Waals surface area contributed by atoms with Gasteiger partial charge in [-0.3, -0.25) is 4.74 Å². The molecule has 0 saturated heterocycles. The van der Waals surface area contributed by atoms with Gasteiger partial charge in [0.05, 0.1) is 19.8 Å². The maximum absolute atomic E-state index is 11.7. The fourth-order valence-corrected chi connectivity index (χ4v) is 12.8. The summed E-state index contributed by atoms with van der Waals surface area (Å²) >= 11 is 0. The molecule has 2 aromatic rings. The molecule has 58 heavy (non-hydrogen) atoms. The number of hydrogen-bond acceptors (Lipinski definition) is 6. The van der Waals surface area contributed by atoms with Crippen LogP contribution in [0.5, 0.6) is 11.5 Å². The van der Waals surface area contributed by atoms with E-state index in [1.807, 2.05) is 31.3 Å². The van der Waals surface area contributed by atoms with Crippen LogP contribution in [0, 0.1) is 40.4 Å². The standard InChI is InChI=1S/C48H72NO5P.3CH4/c1-36(2)46(50)54-43-25-20-39(21-26-43)38-18-23-42(24-19-38)51-32-11-7-8-12-33-52-55(6,49-5)53-34-13-9-10-15-37-28-30-47(3)41(35-37)29-31-48(4)44-17-14-16-40(44)22-27-45(47)48;;;/h18-21,23-26,37,40-41,44-45H,1,7-17,22,27-35H2,2-6H3;3*1H4/t37?,40?,41?,44?,45?,47-,48-,55?;;;/m0.../s1. The third-order valence-corrected chi connectivity index (χ3v) is 16.8. The molecule has 6 rings (SSSR count). The van der Waals surface area contributed by atoms with Gasteiger partial charge in [-0.2, -0.15) is 0 Å². The minimum Gasteiger partial charge on any atom is -0.494 e. The Hall–Kier alpha value is -2.40. The number of esters is 1. The predicted octanol–water partition coefficient (Wildman–Crippen LogP) is 15.6. The largest absolute Gasteiger partial charge is 0.494 e. The third-order valence-electron chi connectivity index (χ3n) is 14.8. The third kappa shape index (κ3) is 12.3. The molecule has 4 aliphatic rings. The van der Waals surface area contributed by atoms with Gasteiger partial charge in [0, 0.05) is 19.3 Å². The molecule has 0 aromatic heterocycles. The van der Waals surface area contributed by atoms with Crippen molar-refractivity contribution in [3.63, 3.8) is 0 Å². The van der Waals surface area contributed by atoms with Gasteiger partial charge in [0.15, 0.2) is 0 Å². The van der Waals surface area contributed by atoms with Gasteiger partial charge in [0.2, 0.25) is 7.51 Å². The zero-order valence-electron chi connectivity index (χ0n) is 35.0. The highest BCUT2D eigenvalue weighted by Gasteiger charge is 2.60. The van der Waals surface area contributed by atoms with Gasteiger partial charge < -0.3 is 18.5 Å². The van der Waals surface area contributed by atoms with E-state index in [-0.39, 0.29) is 22.3 Å². The minimum atomic E-state index is -2.14. The number of carbonyl (C=O) groups is 1. The van der Waals surface area contributed by atoms with Crippen molar-refractivity contribution >= 4 is 13.5 Å². The normalized spacial score (nSPS) is 28.1. The molecule has 0 N–H and O–H groups in total. The lowest BCUT2D eigenvalue weighted by Crippen LogP contribution is -2.56. The van der Waals surface area contributed by atoms with Gasteiger partial charge in [-0.1, -0.05) is 105 Å². The highest BCUT2D eigenvalue weighted by atomic mass is 31.2. The van der Waals surface area contributed by atoms with Crippen LogP contribution < -0.4 is 9.47 Å². The molecule has 0 aliphatic heterocycles. The molecule has 0 heterocycles. The van der Waals surface area contributed by atoms with Crippen molar-refractivity contribution < 1.29 is 23.3 Å². The first-order chi connectivity index (χ1) is 26.5. The van der Waals surface area contributed by atoms with Crippen molar-refractivity contribution in [2.24, 2.45) is 45.2 Å². The summed E-state index contributed by atoms with van der Waals surface area (Å²) < 4.78 is 28.4. The number of unbranched alkanes of at least 4 members (excludes halogenated alkanes) is 5. The SMILES string of the molecule is C.C.C.C=C(C)C(=O)Oc1ccc(-c2ccc(OCCCCCCOP(C)(=NC)OCCCCCC3CC[C@@]4(C)C(CC[C@@]5(C)C6CCCC6CCC45)C3)cc2)cc1. The summed E-state index contributed by atoms with van der Waals surface area (Å²) in [6.45, 7) is 15.0. The van der Waals surface area contributed by atoms with Crippen molar-refractivity contribution in [1.29, 1.82) is 0 Å². The summed E-state index contributed by atoms with van der Waals surface area (Å²) in [5.74, 6) is 5.95. The van der Waals surface area contributed by atoms with E-state index in [0.717, 1.165) is 85.2 Å². The minimum absolute atomic E-state index is 0. The molecule has 8 atom stereocenters. The topological polar surface area (TPSA) is 66.4 Å². The van der Waals surface area contributed by atoms with Crippen molar-refractivity contribution in [3.05, 3.63) is 60.7 Å². The molecule has 7 heteroatoms. The summed E-state index contributed by atoms with van der Waals surface area (Å²) in [6, 6.07) is 15.6.